The number of benzene rings is 1. The highest BCUT2D eigenvalue weighted by molar-refractivity contribution is 8.13. The van der Waals surface area contributed by atoms with Gasteiger partial charge in [0.2, 0.25) is 0 Å². The van der Waals surface area contributed by atoms with Crippen LogP contribution in [0, 0.1) is 6.92 Å². The fourth-order valence-corrected chi connectivity index (χ4v) is 4.66. The smallest absolute Gasteiger partial charge is 0.365 e. The number of cyclic esters (lactones) is 1. The Morgan fingerprint density at radius 3 is 2.92 bits per heavy atom. The molecule has 1 aliphatic carbocycles. The molecule has 0 amide bonds. The third-order valence-electron chi connectivity index (χ3n) is 5.07. The number of anilines is 1. The molecule has 2 aliphatic rings. The van der Waals surface area contributed by atoms with Crippen LogP contribution in [0.15, 0.2) is 11.6 Å². The van der Waals surface area contributed by atoms with Crippen LogP contribution in [0.2, 0.25) is 0 Å². The topological polar surface area (TPSA) is 84.9 Å². The summed E-state index contributed by atoms with van der Waals surface area (Å²) in [4.78, 5) is 23.0. The molecule has 3 rings (SSSR count). The van der Waals surface area contributed by atoms with Crippen LogP contribution in [0.5, 0.6) is 5.75 Å². The lowest BCUT2D eigenvalue weighted by atomic mass is 9.93. The van der Waals surface area contributed by atoms with Crippen LogP contribution in [0.4, 0.5) is 10.5 Å². The van der Waals surface area contributed by atoms with Crippen molar-refractivity contribution in [2.75, 3.05) is 19.5 Å². The first-order valence-corrected chi connectivity index (χ1v) is 9.48. The van der Waals surface area contributed by atoms with Gasteiger partial charge in [0.1, 0.15) is 12.4 Å². The number of allylic oxidation sites excluding steroid dienone is 2. The van der Waals surface area contributed by atoms with Crippen molar-refractivity contribution in [1.82, 2.24) is 0 Å². The summed E-state index contributed by atoms with van der Waals surface area (Å²) >= 11 is 0.999. The summed E-state index contributed by atoms with van der Waals surface area (Å²) < 4.78 is 10.9. The molecule has 7 heteroatoms. The molecule has 1 aromatic carbocycles. The third-order valence-corrected chi connectivity index (χ3v) is 6.00. The number of hydrogen-bond donors (Lipinski definition) is 2. The van der Waals surface area contributed by atoms with E-state index in [0.29, 0.717) is 12.0 Å². The number of carboxylic acid groups (broad SMARTS) is 1. The Hall–Kier alpha value is -2.15. The molecule has 140 valence electrons. The number of carbonyl (C=O) groups excluding carboxylic acids is 1. The normalized spacial score (nSPS) is 20.2. The Morgan fingerprint density at radius 1 is 1.50 bits per heavy atom. The fraction of sp³-hybridized carbons (Fsp3) is 0.474. The van der Waals surface area contributed by atoms with Crippen LogP contribution in [0.25, 0.3) is 0 Å². The van der Waals surface area contributed by atoms with Crippen LogP contribution in [-0.4, -0.2) is 35.8 Å². The number of methoxy groups -OCH3 is 1. The second-order valence-corrected chi connectivity index (χ2v) is 7.76. The molecular weight excluding hydrogens is 354 g/mol. The Labute approximate surface area is 156 Å². The lowest BCUT2D eigenvalue weighted by Gasteiger charge is -2.18. The van der Waals surface area contributed by atoms with Gasteiger partial charge in [-0.05, 0) is 49.9 Å². The monoisotopic (exact) mass is 377 g/mol. The Kier molecular flexibility index (Phi) is 5.46. The average Bonchev–Trinajstić information content (AvgIpc) is 3.20. The zero-order chi connectivity index (χ0) is 18.8. The summed E-state index contributed by atoms with van der Waals surface area (Å²) in [6, 6.07) is 0. The van der Waals surface area contributed by atoms with E-state index in [0.717, 1.165) is 59.2 Å². The van der Waals surface area contributed by atoms with E-state index in [4.69, 9.17) is 14.6 Å². The molecule has 0 spiro atoms. The Balaban J connectivity index is 1.92. The predicted octanol–water partition coefficient (Wildman–Crippen LogP) is 4.15. The van der Waals surface area contributed by atoms with Crippen molar-refractivity contribution in [1.29, 1.82) is 0 Å². The average molecular weight is 377 g/mol. The van der Waals surface area contributed by atoms with Gasteiger partial charge in [-0.15, -0.1) is 0 Å². The maximum absolute atomic E-state index is 12.2. The molecule has 1 unspecified atom stereocenters. The van der Waals surface area contributed by atoms with Gasteiger partial charge in [0.25, 0.3) is 0 Å². The van der Waals surface area contributed by atoms with Crippen molar-refractivity contribution >= 4 is 28.7 Å². The SMILES string of the molecule is CNc1c(CC=C2CCC(SC(=O)O)C2)c(OC)c(C)c2c1C(=O)OC2. The quantitative estimate of drug-likeness (QED) is 0.589. The zero-order valence-electron chi connectivity index (χ0n) is 15.2. The van der Waals surface area contributed by atoms with E-state index in [9.17, 15) is 9.59 Å². The van der Waals surface area contributed by atoms with E-state index in [-0.39, 0.29) is 17.8 Å². The molecule has 2 N–H and O–H groups in total. The van der Waals surface area contributed by atoms with Crippen molar-refractivity contribution in [3.8, 4) is 5.75 Å². The van der Waals surface area contributed by atoms with Crippen molar-refractivity contribution in [2.24, 2.45) is 0 Å². The number of hydrogen-bond acceptors (Lipinski definition) is 6. The number of esters is 1. The summed E-state index contributed by atoms with van der Waals surface area (Å²) in [5, 5.41) is 11.4. The number of thioether (sulfide) groups is 1. The summed E-state index contributed by atoms with van der Waals surface area (Å²) in [6.07, 6.45) is 5.36. The van der Waals surface area contributed by atoms with Gasteiger partial charge in [0, 0.05) is 23.4 Å². The number of carbonyl (C=O) groups is 2. The van der Waals surface area contributed by atoms with Gasteiger partial charge in [-0.1, -0.05) is 11.6 Å². The summed E-state index contributed by atoms with van der Waals surface area (Å²) in [5.74, 6) is 0.473. The van der Waals surface area contributed by atoms with Crippen molar-refractivity contribution in [3.05, 3.63) is 33.9 Å². The number of rotatable bonds is 5. The molecule has 0 radical (unpaired) electrons. The first-order valence-electron chi connectivity index (χ1n) is 8.60. The van der Waals surface area contributed by atoms with Gasteiger partial charge in [-0.2, -0.15) is 0 Å². The molecule has 1 fully saturated rings. The zero-order valence-corrected chi connectivity index (χ0v) is 16.0. The highest BCUT2D eigenvalue weighted by Crippen LogP contribution is 2.42. The molecule has 26 heavy (non-hydrogen) atoms. The van der Waals surface area contributed by atoms with E-state index in [1.165, 1.54) is 5.57 Å². The van der Waals surface area contributed by atoms with Crippen LogP contribution >= 0.6 is 11.8 Å². The molecule has 6 nitrogen and oxygen atoms in total. The van der Waals surface area contributed by atoms with Gasteiger partial charge in [-0.3, -0.25) is 0 Å². The number of fused-ring (bicyclic) bond motifs is 1. The van der Waals surface area contributed by atoms with Gasteiger partial charge >= 0.3 is 11.3 Å². The first-order chi connectivity index (χ1) is 12.5. The Bertz CT molecular complexity index is 787. The highest BCUT2D eigenvalue weighted by atomic mass is 32.2. The van der Waals surface area contributed by atoms with Gasteiger partial charge < -0.3 is 19.9 Å². The van der Waals surface area contributed by atoms with E-state index >= 15 is 0 Å². The minimum atomic E-state index is -0.817. The third kappa shape index (κ3) is 3.40. The predicted molar refractivity (Wildman–Crippen MR) is 101 cm³/mol. The van der Waals surface area contributed by atoms with Crippen LogP contribution in [0.1, 0.15) is 46.3 Å². The molecule has 1 atom stereocenters. The standard InChI is InChI=1S/C19H23NO5S/c1-10-14-9-25-18(21)15(14)16(20-2)13(17(10)24-3)7-5-11-4-6-12(8-11)26-19(22)23/h5,12,20H,4,6-9H2,1-3H3,(H,22,23). The molecular formula is C19H23NO5S. The van der Waals surface area contributed by atoms with Gasteiger partial charge in [-0.25, -0.2) is 9.59 Å². The molecule has 1 saturated carbocycles. The molecule has 1 heterocycles. The maximum atomic E-state index is 12.2. The van der Waals surface area contributed by atoms with Gasteiger partial charge in [0.05, 0.1) is 18.4 Å². The molecule has 0 aromatic heterocycles. The van der Waals surface area contributed by atoms with E-state index in [1.54, 1.807) is 14.2 Å². The van der Waals surface area contributed by atoms with Crippen molar-refractivity contribution in [3.63, 3.8) is 0 Å². The van der Waals surface area contributed by atoms with Crippen LogP contribution < -0.4 is 10.1 Å². The number of nitrogens with one attached hydrogen (secondary N) is 1. The summed E-state index contributed by atoms with van der Waals surface area (Å²) in [5.41, 5.74) is 5.37. The molecule has 1 aliphatic heterocycles. The molecule has 0 bridgehead atoms. The van der Waals surface area contributed by atoms with E-state index < -0.39 is 5.30 Å². The highest BCUT2D eigenvalue weighted by Gasteiger charge is 2.31. The van der Waals surface area contributed by atoms with Crippen molar-refractivity contribution < 1.29 is 24.2 Å². The Morgan fingerprint density at radius 2 is 2.27 bits per heavy atom. The van der Waals surface area contributed by atoms with Crippen molar-refractivity contribution in [2.45, 2.75) is 44.5 Å². The maximum Gasteiger partial charge on any atom is 0.365 e. The lowest BCUT2D eigenvalue weighted by molar-refractivity contribution is 0.0535. The minimum Gasteiger partial charge on any atom is -0.496 e. The number of ether oxygens (including phenoxy) is 2. The van der Waals surface area contributed by atoms with Gasteiger partial charge in [0.15, 0.2) is 0 Å². The largest absolute Gasteiger partial charge is 0.496 e. The summed E-state index contributed by atoms with van der Waals surface area (Å²) in [6.45, 7) is 2.23. The minimum absolute atomic E-state index is 0.140. The first kappa shape index (κ1) is 18.6. The second-order valence-electron chi connectivity index (χ2n) is 6.51. The van der Waals surface area contributed by atoms with E-state index in [2.05, 4.69) is 11.4 Å². The second kappa shape index (κ2) is 7.61. The van der Waals surface area contributed by atoms with E-state index in [1.807, 2.05) is 6.92 Å². The molecule has 0 saturated heterocycles. The van der Waals surface area contributed by atoms with Crippen LogP contribution in [-0.2, 0) is 17.8 Å². The molecule has 1 aromatic rings. The van der Waals surface area contributed by atoms with Crippen LogP contribution in [0.3, 0.4) is 0 Å². The fourth-order valence-electron chi connectivity index (χ4n) is 3.85. The summed E-state index contributed by atoms with van der Waals surface area (Å²) in [7, 11) is 3.43. The lowest BCUT2D eigenvalue weighted by Crippen LogP contribution is -2.08.